The van der Waals surface area contributed by atoms with Gasteiger partial charge in [0.1, 0.15) is 0 Å². The molecule has 3 heteroatoms. The van der Waals surface area contributed by atoms with E-state index in [0.717, 1.165) is 18.7 Å². The highest BCUT2D eigenvalue weighted by atomic mass is 16.3. The Bertz CT molecular complexity index is 282. The molecule has 0 aromatic carbocycles. The number of hydrogen-bond donors (Lipinski definition) is 2. The molecule has 0 aliphatic rings. The normalized spacial score (nSPS) is 14.9. The van der Waals surface area contributed by atoms with E-state index in [1.165, 1.54) is 5.56 Å². The number of aliphatic hydroxyl groups excluding tert-OH is 1. The average molecular weight is 208 g/mol. The molecule has 1 aromatic heterocycles. The zero-order valence-corrected chi connectivity index (χ0v) is 9.70. The Balaban J connectivity index is 2.33. The van der Waals surface area contributed by atoms with Crippen LogP contribution in [0.5, 0.6) is 0 Å². The Morgan fingerprint density at radius 3 is 2.67 bits per heavy atom. The molecule has 15 heavy (non-hydrogen) atoms. The van der Waals surface area contributed by atoms with Gasteiger partial charge in [0, 0.05) is 24.5 Å². The van der Waals surface area contributed by atoms with E-state index in [4.69, 9.17) is 0 Å². The maximum Gasteiger partial charge on any atom is 0.0526 e. The van der Waals surface area contributed by atoms with Crippen LogP contribution in [0.15, 0.2) is 18.3 Å². The Hall–Kier alpha value is -0.930. The van der Waals surface area contributed by atoms with Gasteiger partial charge in [0.2, 0.25) is 0 Å². The molecule has 0 bridgehead atoms. The van der Waals surface area contributed by atoms with Gasteiger partial charge in [-0.15, -0.1) is 0 Å². The maximum atomic E-state index is 9.20. The molecule has 0 aliphatic carbocycles. The highest BCUT2D eigenvalue weighted by Crippen LogP contribution is 2.01. The van der Waals surface area contributed by atoms with E-state index in [1.54, 1.807) is 0 Å². The predicted molar refractivity (Wildman–Crippen MR) is 61.6 cm³/mol. The van der Waals surface area contributed by atoms with Gasteiger partial charge in [-0.3, -0.25) is 4.98 Å². The highest BCUT2D eigenvalue weighted by Gasteiger charge is 2.05. The Kier molecular flexibility index (Phi) is 4.72. The Morgan fingerprint density at radius 1 is 1.40 bits per heavy atom. The molecule has 0 spiro atoms. The van der Waals surface area contributed by atoms with Crippen LogP contribution in [0.2, 0.25) is 0 Å². The lowest BCUT2D eigenvalue weighted by atomic mass is 10.1. The molecule has 1 aromatic rings. The number of nitrogens with zero attached hydrogens (tertiary/aromatic N) is 1. The molecule has 2 unspecified atom stereocenters. The van der Waals surface area contributed by atoms with Gasteiger partial charge in [0.25, 0.3) is 0 Å². The summed E-state index contributed by atoms with van der Waals surface area (Å²) < 4.78 is 0. The molecule has 0 saturated heterocycles. The summed E-state index contributed by atoms with van der Waals surface area (Å²) in [6, 6.07) is 4.41. The predicted octanol–water partition coefficient (Wildman–Crippen LogP) is 1.64. The highest BCUT2D eigenvalue weighted by molar-refractivity contribution is 5.12. The van der Waals surface area contributed by atoms with Crippen LogP contribution in [0, 0.1) is 6.92 Å². The summed E-state index contributed by atoms with van der Waals surface area (Å²) in [7, 11) is 0. The summed E-state index contributed by atoms with van der Waals surface area (Å²) in [5, 5.41) is 12.6. The van der Waals surface area contributed by atoms with Crippen molar-refractivity contribution in [1.82, 2.24) is 10.3 Å². The van der Waals surface area contributed by atoms with Crippen molar-refractivity contribution >= 4 is 0 Å². The lowest BCUT2D eigenvalue weighted by Crippen LogP contribution is -2.28. The first-order chi connectivity index (χ1) is 7.08. The number of aliphatic hydroxyl groups is 1. The first kappa shape index (κ1) is 12.1. The van der Waals surface area contributed by atoms with Crippen molar-refractivity contribution in [2.75, 3.05) is 0 Å². The molecule has 2 N–H and O–H groups in total. The van der Waals surface area contributed by atoms with E-state index in [9.17, 15) is 5.11 Å². The van der Waals surface area contributed by atoms with Crippen LogP contribution < -0.4 is 5.32 Å². The van der Waals surface area contributed by atoms with Gasteiger partial charge in [-0.05, 0) is 38.8 Å². The van der Waals surface area contributed by atoms with Crippen LogP contribution in [-0.4, -0.2) is 22.2 Å². The van der Waals surface area contributed by atoms with Gasteiger partial charge in [-0.2, -0.15) is 0 Å². The topological polar surface area (TPSA) is 45.1 Å². The fourth-order valence-electron chi connectivity index (χ4n) is 1.49. The second kappa shape index (κ2) is 5.83. The van der Waals surface area contributed by atoms with Crippen molar-refractivity contribution in [2.24, 2.45) is 0 Å². The van der Waals surface area contributed by atoms with Crippen LogP contribution in [-0.2, 0) is 6.54 Å². The number of rotatable bonds is 5. The van der Waals surface area contributed by atoms with E-state index in [0.29, 0.717) is 6.04 Å². The van der Waals surface area contributed by atoms with Crippen LogP contribution in [0.25, 0.3) is 0 Å². The second-order valence-corrected chi connectivity index (χ2v) is 4.17. The molecule has 1 heterocycles. The SMILES string of the molecule is Cc1ccc(CNC(C)CC(C)O)cn1. The third-order valence-electron chi connectivity index (χ3n) is 2.32. The minimum Gasteiger partial charge on any atom is -0.393 e. The molecule has 0 saturated carbocycles. The standard InChI is InChI=1S/C12H20N2O/c1-9-4-5-12(7-13-9)8-14-10(2)6-11(3)15/h4-5,7,10-11,14-15H,6,8H2,1-3H3. The van der Waals surface area contributed by atoms with Crippen molar-refractivity contribution in [3.63, 3.8) is 0 Å². The minimum atomic E-state index is -0.247. The quantitative estimate of drug-likeness (QED) is 0.773. The minimum absolute atomic E-state index is 0.247. The third-order valence-corrected chi connectivity index (χ3v) is 2.32. The second-order valence-electron chi connectivity index (χ2n) is 4.17. The van der Waals surface area contributed by atoms with Crippen LogP contribution in [0.1, 0.15) is 31.5 Å². The van der Waals surface area contributed by atoms with Crippen LogP contribution in [0.4, 0.5) is 0 Å². The lowest BCUT2D eigenvalue weighted by molar-refractivity contribution is 0.170. The van der Waals surface area contributed by atoms with Crippen LogP contribution >= 0.6 is 0 Å². The summed E-state index contributed by atoms with van der Waals surface area (Å²) >= 11 is 0. The summed E-state index contributed by atoms with van der Waals surface area (Å²) in [5.74, 6) is 0. The van der Waals surface area contributed by atoms with Crippen molar-refractivity contribution in [1.29, 1.82) is 0 Å². The average Bonchev–Trinajstić information content (AvgIpc) is 2.16. The smallest absolute Gasteiger partial charge is 0.0526 e. The monoisotopic (exact) mass is 208 g/mol. The molecule has 1 rings (SSSR count). The molecule has 0 fully saturated rings. The summed E-state index contributed by atoms with van der Waals surface area (Å²) in [5.41, 5.74) is 2.22. The summed E-state index contributed by atoms with van der Waals surface area (Å²) in [4.78, 5) is 4.23. The Labute approximate surface area is 91.5 Å². The van der Waals surface area contributed by atoms with Crippen molar-refractivity contribution < 1.29 is 5.11 Å². The number of hydrogen-bond acceptors (Lipinski definition) is 3. The number of pyridine rings is 1. The molecule has 0 radical (unpaired) electrons. The van der Waals surface area contributed by atoms with Crippen molar-refractivity contribution in [2.45, 2.75) is 45.9 Å². The fourth-order valence-corrected chi connectivity index (χ4v) is 1.49. The Morgan fingerprint density at radius 2 is 2.13 bits per heavy atom. The molecule has 84 valence electrons. The van der Waals surface area contributed by atoms with E-state index in [1.807, 2.05) is 26.1 Å². The number of aryl methyl sites for hydroxylation is 1. The van der Waals surface area contributed by atoms with Crippen molar-refractivity contribution in [3.8, 4) is 0 Å². The number of nitrogens with one attached hydrogen (secondary N) is 1. The summed E-state index contributed by atoms with van der Waals surface area (Å²) in [6.45, 7) is 6.67. The first-order valence-electron chi connectivity index (χ1n) is 5.41. The molecule has 3 nitrogen and oxygen atoms in total. The summed E-state index contributed by atoms with van der Waals surface area (Å²) in [6.07, 6.45) is 2.42. The fraction of sp³-hybridized carbons (Fsp3) is 0.583. The van der Waals surface area contributed by atoms with Gasteiger partial charge in [-0.1, -0.05) is 6.07 Å². The zero-order chi connectivity index (χ0) is 11.3. The van der Waals surface area contributed by atoms with Gasteiger partial charge >= 0.3 is 0 Å². The third kappa shape index (κ3) is 4.91. The lowest BCUT2D eigenvalue weighted by Gasteiger charge is -2.15. The molecule has 2 atom stereocenters. The molecule has 0 amide bonds. The largest absolute Gasteiger partial charge is 0.393 e. The van der Waals surface area contributed by atoms with Gasteiger partial charge in [0.15, 0.2) is 0 Å². The molecule has 0 aliphatic heterocycles. The maximum absolute atomic E-state index is 9.20. The molecular weight excluding hydrogens is 188 g/mol. The van der Waals surface area contributed by atoms with Gasteiger partial charge in [-0.25, -0.2) is 0 Å². The van der Waals surface area contributed by atoms with E-state index < -0.39 is 0 Å². The van der Waals surface area contributed by atoms with E-state index in [2.05, 4.69) is 23.3 Å². The van der Waals surface area contributed by atoms with E-state index >= 15 is 0 Å². The van der Waals surface area contributed by atoms with Crippen LogP contribution in [0.3, 0.4) is 0 Å². The number of aromatic nitrogens is 1. The first-order valence-corrected chi connectivity index (χ1v) is 5.41. The zero-order valence-electron chi connectivity index (χ0n) is 9.70. The van der Waals surface area contributed by atoms with Gasteiger partial charge < -0.3 is 10.4 Å². The van der Waals surface area contributed by atoms with E-state index in [-0.39, 0.29) is 6.10 Å². The van der Waals surface area contributed by atoms with Gasteiger partial charge in [0.05, 0.1) is 6.10 Å². The molecular formula is C12H20N2O. The van der Waals surface area contributed by atoms with Crippen molar-refractivity contribution in [3.05, 3.63) is 29.6 Å².